The molecule has 0 saturated heterocycles. The molecule has 0 radical (unpaired) electrons. The highest BCUT2D eigenvalue weighted by Crippen LogP contribution is 2.28. The monoisotopic (exact) mass is 373 g/mol. The number of thiophene rings is 1. The van der Waals surface area contributed by atoms with Gasteiger partial charge in [-0.3, -0.25) is 9.79 Å². The van der Waals surface area contributed by atoms with Gasteiger partial charge in [0.25, 0.3) is 5.78 Å². The van der Waals surface area contributed by atoms with Gasteiger partial charge in [0.05, 0.1) is 16.1 Å². The fourth-order valence-corrected chi connectivity index (χ4v) is 2.58. The Balaban J connectivity index is 2.47. The van der Waals surface area contributed by atoms with Gasteiger partial charge in [-0.1, -0.05) is 23.7 Å². The number of aliphatic hydroxyl groups excluding tert-OH is 1. The van der Waals surface area contributed by atoms with Crippen molar-refractivity contribution in [2.45, 2.75) is 13.1 Å². The summed E-state index contributed by atoms with van der Waals surface area (Å²) in [5.74, 6) is -2.94. The first-order valence-corrected chi connectivity index (χ1v) is 7.84. The number of nitrogens with zero attached hydrogens (tertiary/aromatic N) is 1. The number of rotatable bonds is 4. The van der Waals surface area contributed by atoms with Gasteiger partial charge in [-0.25, -0.2) is 0 Å². The molecule has 24 heavy (non-hydrogen) atoms. The van der Waals surface area contributed by atoms with Crippen LogP contribution in [0.1, 0.15) is 10.4 Å². The average molecular weight is 374 g/mol. The standard InChI is InChI=1S/C16H11ClF3NO2S/c1-9-4-5-10(7-12(9)17)21-8-11(15(23)16(18,19)20)14(22)13-3-2-6-24-13/h2-8,22H,1H3. The van der Waals surface area contributed by atoms with Gasteiger partial charge in [0.1, 0.15) is 5.76 Å². The lowest BCUT2D eigenvalue weighted by molar-refractivity contribution is -0.165. The van der Waals surface area contributed by atoms with E-state index < -0.39 is 23.3 Å². The second-order valence-corrected chi connectivity index (χ2v) is 6.11. The van der Waals surface area contributed by atoms with Gasteiger partial charge in [0.2, 0.25) is 0 Å². The van der Waals surface area contributed by atoms with Crippen LogP contribution in [0.4, 0.5) is 18.9 Å². The summed E-state index contributed by atoms with van der Waals surface area (Å²) < 4.78 is 38.3. The molecule has 0 unspecified atom stereocenters. The van der Waals surface area contributed by atoms with E-state index in [1.807, 2.05) is 0 Å². The first kappa shape index (κ1) is 18.2. The predicted molar refractivity (Wildman–Crippen MR) is 89.3 cm³/mol. The summed E-state index contributed by atoms with van der Waals surface area (Å²) in [7, 11) is 0. The molecule has 1 heterocycles. The Morgan fingerprint density at radius 1 is 1.33 bits per heavy atom. The van der Waals surface area contributed by atoms with E-state index >= 15 is 0 Å². The smallest absolute Gasteiger partial charge is 0.455 e. The molecule has 0 saturated carbocycles. The van der Waals surface area contributed by atoms with Crippen LogP contribution in [0.2, 0.25) is 5.02 Å². The van der Waals surface area contributed by atoms with Crippen LogP contribution in [-0.2, 0) is 4.79 Å². The Bertz CT molecular complexity index is 811. The van der Waals surface area contributed by atoms with Crippen LogP contribution in [0.15, 0.2) is 46.3 Å². The molecule has 0 aliphatic rings. The number of aryl methyl sites for hydroxylation is 1. The number of hydrogen-bond acceptors (Lipinski definition) is 4. The Morgan fingerprint density at radius 3 is 2.58 bits per heavy atom. The summed E-state index contributed by atoms with van der Waals surface area (Å²) >= 11 is 6.93. The first-order chi connectivity index (χ1) is 11.2. The Morgan fingerprint density at radius 2 is 2.04 bits per heavy atom. The van der Waals surface area contributed by atoms with Crippen molar-refractivity contribution in [3.8, 4) is 0 Å². The number of carbonyl (C=O) groups is 1. The molecule has 126 valence electrons. The third kappa shape index (κ3) is 4.24. The van der Waals surface area contributed by atoms with Crippen molar-refractivity contribution >= 4 is 46.4 Å². The number of aliphatic imine (C=N–C) groups is 1. The van der Waals surface area contributed by atoms with E-state index in [-0.39, 0.29) is 10.6 Å². The SMILES string of the molecule is Cc1ccc(N=CC(C(=O)C(F)(F)F)=C(O)c2cccs2)cc1Cl. The predicted octanol–water partition coefficient (Wildman–Crippen LogP) is 5.51. The summed E-state index contributed by atoms with van der Waals surface area (Å²) in [4.78, 5) is 15.6. The van der Waals surface area contributed by atoms with E-state index in [1.165, 1.54) is 18.2 Å². The van der Waals surface area contributed by atoms with Crippen LogP contribution in [0.25, 0.3) is 5.76 Å². The number of halogens is 4. The van der Waals surface area contributed by atoms with Crippen LogP contribution in [0.3, 0.4) is 0 Å². The van der Waals surface area contributed by atoms with Gasteiger partial charge >= 0.3 is 6.18 Å². The second-order valence-electron chi connectivity index (χ2n) is 4.76. The molecule has 8 heteroatoms. The largest absolute Gasteiger partial charge is 0.506 e. The first-order valence-electron chi connectivity index (χ1n) is 6.59. The molecule has 0 amide bonds. The van der Waals surface area contributed by atoms with Crippen molar-refractivity contribution in [1.29, 1.82) is 0 Å². The van der Waals surface area contributed by atoms with E-state index in [4.69, 9.17) is 11.6 Å². The lowest BCUT2D eigenvalue weighted by atomic mass is 10.1. The maximum atomic E-state index is 12.8. The van der Waals surface area contributed by atoms with Gasteiger partial charge in [-0.15, -0.1) is 11.3 Å². The third-order valence-corrected chi connectivity index (χ3v) is 4.29. The number of ketones is 1. The molecule has 0 fully saturated rings. The van der Waals surface area contributed by atoms with Crippen molar-refractivity contribution in [3.05, 3.63) is 56.7 Å². The highest BCUT2D eigenvalue weighted by Gasteiger charge is 2.41. The summed E-state index contributed by atoms with van der Waals surface area (Å²) in [6.07, 6.45) is -4.43. The molecule has 2 rings (SSSR count). The molecule has 3 nitrogen and oxygen atoms in total. The minimum atomic E-state index is -5.13. The highest BCUT2D eigenvalue weighted by atomic mass is 35.5. The second kappa shape index (κ2) is 7.19. The zero-order chi connectivity index (χ0) is 17.9. The molecule has 1 aromatic heterocycles. The number of benzene rings is 1. The zero-order valence-electron chi connectivity index (χ0n) is 12.3. The van der Waals surface area contributed by atoms with Crippen molar-refractivity contribution in [2.24, 2.45) is 4.99 Å². The molecule has 1 aromatic carbocycles. The van der Waals surface area contributed by atoms with E-state index in [1.54, 1.807) is 24.4 Å². The number of alkyl halides is 3. The van der Waals surface area contributed by atoms with E-state index in [0.717, 1.165) is 16.9 Å². The molecule has 2 aromatic rings. The lowest BCUT2D eigenvalue weighted by Gasteiger charge is -2.08. The zero-order valence-corrected chi connectivity index (χ0v) is 13.8. The van der Waals surface area contributed by atoms with Gasteiger partial charge < -0.3 is 5.11 Å². The summed E-state index contributed by atoms with van der Waals surface area (Å²) in [5.41, 5.74) is 0.109. The lowest BCUT2D eigenvalue weighted by Crippen LogP contribution is -2.26. The van der Waals surface area contributed by atoms with Gasteiger partial charge in [0, 0.05) is 11.2 Å². The molecule has 0 atom stereocenters. The molecular formula is C16H11ClF3NO2S. The normalized spacial score (nSPS) is 13.2. The quantitative estimate of drug-likeness (QED) is 0.436. The Labute approximate surface area is 144 Å². The fraction of sp³-hybridized carbons (Fsp3) is 0.125. The van der Waals surface area contributed by atoms with Crippen molar-refractivity contribution in [2.75, 3.05) is 0 Å². The number of aliphatic hydroxyl groups is 1. The van der Waals surface area contributed by atoms with Crippen LogP contribution in [-0.4, -0.2) is 23.3 Å². The summed E-state index contributed by atoms with van der Waals surface area (Å²) in [5, 5.41) is 12.0. The molecule has 0 aliphatic carbocycles. The minimum Gasteiger partial charge on any atom is -0.506 e. The van der Waals surface area contributed by atoms with Crippen LogP contribution in [0.5, 0.6) is 0 Å². The third-order valence-electron chi connectivity index (χ3n) is 3.01. The summed E-state index contributed by atoms with van der Waals surface area (Å²) in [6.45, 7) is 1.76. The van der Waals surface area contributed by atoms with Crippen LogP contribution < -0.4 is 0 Å². The number of allylic oxidation sites excluding steroid dienone is 1. The molecule has 0 bridgehead atoms. The maximum absolute atomic E-state index is 12.8. The van der Waals surface area contributed by atoms with Crippen molar-refractivity contribution in [1.82, 2.24) is 0 Å². The van der Waals surface area contributed by atoms with E-state index in [0.29, 0.717) is 11.2 Å². The topological polar surface area (TPSA) is 49.7 Å². The summed E-state index contributed by atoms with van der Waals surface area (Å²) in [6, 6.07) is 7.58. The maximum Gasteiger partial charge on any atom is 0.455 e. The number of carbonyl (C=O) groups excluding carboxylic acids is 1. The Kier molecular flexibility index (Phi) is 5.46. The molecular weight excluding hydrogens is 363 g/mol. The van der Waals surface area contributed by atoms with Gasteiger partial charge in [-0.2, -0.15) is 13.2 Å². The minimum absolute atomic E-state index is 0.135. The van der Waals surface area contributed by atoms with E-state index in [2.05, 4.69) is 4.99 Å². The number of hydrogen-bond donors (Lipinski definition) is 1. The van der Waals surface area contributed by atoms with Crippen LogP contribution in [0, 0.1) is 6.92 Å². The van der Waals surface area contributed by atoms with Crippen molar-refractivity contribution in [3.63, 3.8) is 0 Å². The van der Waals surface area contributed by atoms with Gasteiger partial charge in [-0.05, 0) is 36.1 Å². The molecule has 0 spiro atoms. The van der Waals surface area contributed by atoms with Crippen LogP contribution >= 0.6 is 22.9 Å². The highest BCUT2D eigenvalue weighted by molar-refractivity contribution is 7.11. The average Bonchev–Trinajstić information content (AvgIpc) is 3.04. The fourth-order valence-electron chi connectivity index (χ4n) is 1.73. The van der Waals surface area contributed by atoms with Gasteiger partial charge in [0.15, 0.2) is 0 Å². The number of Topliss-reactive ketones (excluding diaryl/α,β-unsaturated/α-hetero) is 1. The van der Waals surface area contributed by atoms with E-state index in [9.17, 15) is 23.1 Å². The molecule has 1 N–H and O–H groups in total. The molecule has 0 aliphatic heterocycles. The Hall–Kier alpha value is -2.12. The van der Waals surface area contributed by atoms with Crippen molar-refractivity contribution < 1.29 is 23.1 Å².